The lowest BCUT2D eigenvalue weighted by molar-refractivity contribution is -0.127. The van der Waals surface area contributed by atoms with Crippen LogP contribution in [0.25, 0.3) is 0 Å². The van der Waals surface area contributed by atoms with Crippen molar-refractivity contribution in [1.82, 2.24) is 15.5 Å². The molecule has 1 aromatic heterocycles. The number of furan rings is 1. The third kappa shape index (κ3) is 4.87. The summed E-state index contributed by atoms with van der Waals surface area (Å²) in [5.74, 6) is -0.384. The van der Waals surface area contributed by atoms with Crippen LogP contribution in [0.4, 0.5) is 0 Å². The molecule has 1 aliphatic rings. The van der Waals surface area contributed by atoms with Crippen molar-refractivity contribution in [2.24, 2.45) is 0 Å². The van der Waals surface area contributed by atoms with E-state index in [1.165, 1.54) is 6.07 Å². The van der Waals surface area contributed by atoms with Gasteiger partial charge in [-0.1, -0.05) is 0 Å². The molecule has 1 fully saturated rings. The highest BCUT2D eigenvalue weighted by atomic mass is 79.9. The number of rotatable bonds is 7. The van der Waals surface area contributed by atoms with Crippen LogP contribution in [0.3, 0.4) is 0 Å². The molecule has 2 heterocycles. The van der Waals surface area contributed by atoms with E-state index in [-0.39, 0.29) is 24.1 Å². The van der Waals surface area contributed by atoms with Crippen molar-refractivity contribution >= 4 is 33.7 Å². The molecule has 120 valence electrons. The molecule has 0 unspecified atom stereocenters. The van der Waals surface area contributed by atoms with Crippen molar-refractivity contribution in [2.75, 3.05) is 26.2 Å². The molecule has 0 atom stereocenters. The highest BCUT2D eigenvalue weighted by Crippen LogP contribution is 2.13. The first kappa shape index (κ1) is 16.5. The largest absolute Gasteiger partial charge is 0.444 e. The average molecular weight is 372 g/mol. The number of halogens is 1. The molecule has 0 radical (unpaired) electrons. The quantitative estimate of drug-likeness (QED) is 0.696. The molecule has 8 heteroatoms. The Labute approximate surface area is 136 Å². The van der Waals surface area contributed by atoms with E-state index < -0.39 is 5.91 Å². The summed E-state index contributed by atoms with van der Waals surface area (Å²) in [6, 6.07) is 3.12. The molecule has 0 aromatic carbocycles. The van der Waals surface area contributed by atoms with Gasteiger partial charge in [-0.15, -0.1) is 0 Å². The van der Waals surface area contributed by atoms with Crippen molar-refractivity contribution in [3.63, 3.8) is 0 Å². The minimum atomic E-state index is -0.441. The molecule has 7 nitrogen and oxygen atoms in total. The van der Waals surface area contributed by atoms with Gasteiger partial charge in [-0.3, -0.25) is 14.4 Å². The zero-order valence-corrected chi connectivity index (χ0v) is 13.6. The summed E-state index contributed by atoms with van der Waals surface area (Å²) >= 11 is 3.10. The van der Waals surface area contributed by atoms with Crippen LogP contribution in [-0.2, 0) is 9.59 Å². The SMILES string of the molecule is O=C(CNC(=O)c1ccc(Br)o1)NCCCN1CCCC1=O. The monoisotopic (exact) mass is 371 g/mol. The number of amides is 3. The van der Waals surface area contributed by atoms with E-state index in [1.54, 1.807) is 6.07 Å². The summed E-state index contributed by atoms with van der Waals surface area (Å²) in [6.07, 6.45) is 2.25. The number of hydrogen-bond acceptors (Lipinski definition) is 4. The fourth-order valence-corrected chi connectivity index (χ4v) is 2.49. The predicted molar refractivity (Wildman–Crippen MR) is 82.2 cm³/mol. The molecule has 1 saturated heterocycles. The number of nitrogens with one attached hydrogen (secondary N) is 2. The third-order valence-electron chi connectivity index (χ3n) is 3.30. The van der Waals surface area contributed by atoms with Gasteiger partial charge in [0.15, 0.2) is 10.4 Å². The smallest absolute Gasteiger partial charge is 0.287 e. The van der Waals surface area contributed by atoms with Gasteiger partial charge >= 0.3 is 0 Å². The van der Waals surface area contributed by atoms with Gasteiger partial charge in [0, 0.05) is 26.1 Å². The van der Waals surface area contributed by atoms with Crippen molar-refractivity contribution < 1.29 is 18.8 Å². The summed E-state index contributed by atoms with van der Waals surface area (Å²) in [6.45, 7) is 1.83. The molecule has 0 spiro atoms. The average Bonchev–Trinajstić information content (AvgIpc) is 3.10. The molecule has 22 heavy (non-hydrogen) atoms. The van der Waals surface area contributed by atoms with Gasteiger partial charge in [-0.2, -0.15) is 0 Å². The first-order chi connectivity index (χ1) is 10.6. The van der Waals surface area contributed by atoms with Crippen LogP contribution in [0.2, 0.25) is 0 Å². The second-order valence-corrected chi connectivity index (χ2v) is 5.76. The number of carbonyl (C=O) groups excluding carboxylic acids is 3. The standard InChI is InChI=1S/C14H18BrN3O4/c15-11-5-4-10(22-11)14(21)17-9-12(19)16-6-2-8-18-7-1-3-13(18)20/h4-5H,1-3,6-9H2,(H,16,19)(H,17,21). The number of hydrogen-bond donors (Lipinski definition) is 2. The lowest BCUT2D eigenvalue weighted by Crippen LogP contribution is -2.38. The fraction of sp³-hybridized carbons (Fsp3) is 0.500. The van der Waals surface area contributed by atoms with Gasteiger partial charge < -0.3 is 20.0 Å². The molecule has 0 bridgehead atoms. The van der Waals surface area contributed by atoms with Crippen LogP contribution in [0.15, 0.2) is 21.2 Å². The lowest BCUT2D eigenvalue weighted by atomic mass is 10.3. The maximum Gasteiger partial charge on any atom is 0.287 e. The van der Waals surface area contributed by atoms with Crippen LogP contribution in [0.1, 0.15) is 29.8 Å². The van der Waals surface area contributed by atoms with E-state index in [1.807, 2.05) is 4.90 Å². The van der Waals surface area contributed by atoms with E-state index in [9.17, 15) is 14.4 Å². The van der Waals surface area contributed by atoms with Gasteiger partial charge in [0.1, 0.15) is 0 Å². The maximum atomic E-state index is 11.7. The summed E-state index contributed by atoms with van der Waals surface area (Å²) in [5, 5.41) is 5.17. The number of carbonyl (C=O) groups is 3. The summed E-state index contributed by atoms with van der Waals surface area (Å²) in [4.78, 5) is 36.5. The van der Waals surface area contributed by atoms with E-state index in [0.717, 1.165) is 13.0 Å². The lowest BCUT2D eigenvalue weighted by Gasteiger charge is -2.15. The highest BCUT2D eigenvalue weighted by molar-refractivity contribution is 9.10. The molecule has 2 rings (SSSR count). The number of nitrogens with zero attached hydrogens (tertiary/aromatic N) is 1. The molecular formula is C14H18BrN3O4. The van der Waals surface area contributed by atoms with E-state index in [0.29, 0.717) is 30.6 Å². The Hall–Kier alpha value is -1.83. The topological polar surface area (TPSA) is 91.7 Å². The minimum absolute atomic E-state index is 0.111. The Kier molecular flexibility index (Phi) is 6.00. The third-order valence-corrected chi connectivity index (χ3v) is 3.73. The van der Waals surface area contributed by atoms with Gasteiger partial charge in [-0.25, -0.2) is 0 Å². The number of likely N-dealkylation sites (tertiary alicyclic amines) is 1. The van der Waals surface area contributed by atoms with Crippen LogP contribution >= 0.6 is 15.9 Å². The first-order valence-electron chi connectivity index (χ1n) is 7.14. The van der Waals surface area contributed by atoms with Crippen LogP contribution in [0.5, 0.6) is 0 Å². The molecule has 1 aliphatic heterocycles. The van der Waals surface area contributed by atoms with Crippen molar-refractivity contribution in [1.29, 1.82) is 0 Å². The second-order valence-electron chi connectivity index (χ2n) is 4.97. The molecule has 3 amide bonds. The van der Waals surface area contributed by atoms with Gasteiger partial charge in [0.2, 0.25) is 11.8 Å². The zero-order chi connectivity index (χ0) is 15.9. The summed E-state index contributed by atoms with van der Waals surface area (Å²) < 4.78 is 5.54. The van der Waals surface area contributed by atoms with Crippen molar-refractivity contribution in [3.8, 4) is 0 Å². The highest BCUT2D eigenvalue weighted by Gasteiger charge is 2.19. The Bertz CT molecular complexity index is 558. The van der Waals surface area contributed by atoms with Gasteiger partial charge in [0.05, 0.1) is 6.54 Å². The molecule has 1 aromatic rings. The van der Waals surface area contributed by atoms with Gasteiger partial charge in [0.25, 0.3) is 5.91 Å². The molecule has 0 aliphatic carbocycles. The van der Waals surface area contributed by atoms with E-state index in [2.05, 4.69) is 26.6 Å². The Morgan fingerprint density at radius 3 is 2.77 bits per heavy atom. The molecular weight excluding hydrogens is 354 g/mol. The molecule has 2 N–H and O–H groups in total. The minimum Gasteiger partial charge on any atom is -0.444 e. The van der Waals surface area contributed by atoms with Gasteiger partial charge in [-0.05, 0) is 40.9 Å². The Morgan fingerprint density at radius 2 is 2.14 bits per heavy atom. The first-order valence-corrected chi connectivity index (χ1v) is 7.93. The summed E-state index contributed by atoms with van der Waals surface area (Å²) in [5.41, 5.74) is 0. The summed E-state index contributed by atoms with van der Waals surface area (Å²) in [7, 11) is 0. The second kappa shape index (κ2) is 7.98. The predicted octanol–water partition coefficient (Wildman–Crippen LogP) is 0.901. The van der Waals surface area contributed by atoms with Crippen molar-refractivity contribution in [2.45, 2.75) is 19.3 Å². The van der Waals surface area contributed by atoms with Crippen LogP contribution in [-0.4, -0.2) is 48.8 Å². The fourth-order valence-electron chi connectivity index (χ4n) is 2.18. The van der Waals surface area contributed by atoms with Crippen LogP contribution in [0, 0.1) is 0 Å². The Morgan fingerprint density at radius 1 is 1.32 bits per heavy atom. The molecule has 0 saturated carbocycles. The zero-order valence-electron chi connectivity index (χ0n) is 12.1. The van der Waals surface area contributed by atoms with Crippen molar-refractivity contribution in [3.05, 3.63) is 22.6 Å². The van der Waals surface area contributed by atoms with E-state index >= 15 is 0 Å². The normalized spacial score (nSPS) is 14.2. The Balaban J connectivity index is 1.58. The maximum absolute atomic E-state index is 11.7. The van der Waals surface area contributed by atoms with E-state index in [4.69, 9.17) is 4.42 Å². The van der Waals surface area contributed by atoms with Crippen LogP contribution < -0.4 is 10.6 Å².